The van der Waals surface area contributed by atoms with Crippen molar-refractivity contribution in [2.75, 3.05) is 0 Å². The standard InChI is InChI=1S/C7H4ClNO2/c1-4-2-5(7(8)10)11-6(4)3-9/h2H,1H3. The van der Waals surface area contributed by atoms with E-state index in [1.54, 1.807) is 13.0 Å². The molecule has 0 bridgehead atoms. The van der Waals surface area contributed by atoms with Gasteiger partial charge in [-0.3, -0.25) is 4.79 Å². The molecule has 0 radical (unpaired) electrons. The Hall–Kier alpha value is -1.27. The van der Waals surface area contributed by atoms with Crippen LogP contribution in [0.15, 0.2) is 10.5 Å². The van der Waals surface area contributed by atoms with Crippen LogP contribution in [0.2, 0.25) is 0 Å². The number of carbonyl (C=O) groups is 1. The Kier molecular flexibility index (Phi) is 1.97. The molecule has 0 amide bonds. The van der Waals surface area contributed by atoms with Gasteiger partial charge in [-0.1, -0.05) is 0 Å². The molecule has 1 rings (SSSR count). The summed E-state index contributed by atoms with van der Waals surface area (Å²) in [4.78, 5) is 10.5. The van der Waals surface area contributed by atoms with Gasteiger partial charge in [-0.25, -0.2) is 0 Å². The maximum atomic E-state index is 10.5. The number of nitriles is 1. The highest BCUT2D eigenvalue weighted by atomic mass is 35.5. The maximum Gasteiger partial charge on any atom is 0.287 e. The van der Waals surface area contributed by atoms with Crippen LogP contribution in [-0.2, 0) is 0 Å². The van der Waals surface area contributed by atoms with E-state index in [0.29, 0.717) is 5.56 Å². The van der Waals surface area contributed by atoms with E-state index in [2.05, 4.69) is 0 Å². The fourth-order valence-electron chi connectivity index (χ4n) is 0.690. The van der Waals surface area contributed by atoms with Crippen LogP contribution in [0.4, 0.5) is 0 Å². The van der Waals surface area contributed by atoms with Crippen molar-refractivity contribution >= 4 is 16.8 Å². The van der Waals surface area contributed by atoms with Crippen molar-refractivity contribution in [3.05, 3.63) is 23.2 Å². The lowest BCUT2D eigenvalue weighted by molar-refractivity contribution is 0.105. The van der Waals surface area contributed by atoms with E-state index in [1.807, 2.05) is 0 Å². The SMILES string of the molecule is Cc1cc(C(=O)Cl)oc1C#N. The Balaban J connectivity index is 3.18. The van der Waals surface area contributed by atoms with Crippen molar-refractivity contribution in [2.24, 2.45) is 0 Å². The highest BCUT2D eigenvalue weighted by molar-refractivity contribution is 6.67. The second kappa shape index (κ2) is 2.77. The molecule has 0 saturated carbocycles. The Morgan fingerprint density at radius 1 is 1.82 bits per heavy atom. The van der Waals surface area contributed by atoms with Gasteiger partial charge in [0.2, 0.25) is 5.76 Å². The average Bonchev–Trinajstić information content (AvgIpc) is 2.31. The normalized spacial score (nSPS) is 9.18. The third kappa shape index (κ3) is 1.41. The lowest BCUT2D eigenvalue weighted by atomic mass is 10.3. The molecule has 0 N–H and O–H groups in total. The minimum Gasteiger partial charge on any atom is -0.441 e. The van der Waals surface area contributed by atoms with Gasteiger partial charge in [-0.2, -0.15) is 5.26 Å². The Bertz CT molecular complexity index is 335. The van der Waals surface area contributed by atoms with Gasteiger partial charge < -0.3 is 4.42 Å². The summed E-state index contributed by atoms with van der Waals surface area (Å²) < 4.78 is 4.78. The molecule has 0 spiro atoms. The van der Waals surface area contributed by atoms with Crippen molar-refractivity contribution in [1.82, 2.24) is 0 Å². The van der Waals surface area contributed by atoms with Crippen LogP contribution in [0.5, 0.6) is 0 Å². The molecule has 0 aliphatic carbocycles. The minimum absolute atomic E-state index is 0.0146. The van der Waals surface area contributed by atoms with Gasteiger partial charge >= 0.3 is 0 Å². The smallest absolute Gasteiger partial charge is 0.287 e. The van der Waals surface area contributed by atoms with Gasteiger partial charge in [-0.15, -0.1) is 0 Å². The molecule has 3 nitrogen and oxygen atoms in total. The van der Waals surface area contributed by atoms with Crippen LogP contribution >= 0.6 is 11.6 Å². The molecular formula is C7H4ClNO2. The van der Waals surface area contributed by atoms with Crippen LogP contribution in [0.3, 0.4) is 0 Å². The van der Waals surface area contributed by atoms with Crippen LogP contribution in [-0.4, -0.2) is 5.24 Å². The van der Waals surface area contributed by atoms with E-state index in [1.165, 1.54) is 6.07 Å². The lowest BCUT2D eigenvalue weighted by Crippen LogP contribution is -1.81. The second-order valence-corrected chi connectivity index (χ2v) is 2.35. The summed E-state index contributed by atoms with van der Waals surface area (Å²) in [7, 11) is 0. The zero-order valence-electron chi connectivity index (χ0n) is 5.72. The first-order valence-corrected chi connectivity index (χ1v) is 3.23. The minimum atomic E-state index is -0.686. The van der Waals surface area contributed by atoms with Gasteiger partial charge in [0.25, 0.3) is 5.24 Å². The summed E-state index contributed by atoms with van der Waals surface area (Å²) in [5.41, 5.74) is 0.622. The van der Waals surface area contributed by atoms with Crippen molar-refractivity contribution in [3.8, 4) is 6.07 Å². The molecule has 1 heterocycles. The summed E-state index contributed by atoms with van der Waals surface area (Å²) in [5, 5.41) is 7.73. The first kappa shape index (κ1) is 7.83. The van der Waals surface area contributed by atoms with Crippen LogP contribution in [0.1, 0.15) is 21.9 Å². The van der Waals surface area contributed by atoms with Crippen LogP contribution in [0.25, 0.3) is 0 Å². The van der Waals surface area contributed by atoms with Crippen molar-refractivity contribution in [3.63, 3.8) is 0 Å². The van der Waals surface area contributed by atoms with Gasteiger partial charge in [0, 0.05) is 5.56 Å². The van der Waals surface area contributed by atoms with Crippen molar-refractivity contribution in [2.45, 2.75) is 6.92 Å². The van der Waals surface area contributed by atoms with Gasteiger partial charge in [0.05, 0.1) is 0 Å². The first-order valence-electron chi connectivity index (χ1n) is 2.85. The number of rotatable bonds is 1. The van der Waals surface area contributed by atoms with Crippen molar-refractivity contribution < 1.29 is 9.21 Å². The zero-order chi connectivity index (χ0) is 8.43. The molecule has 56 valence electrons. The molecular weight excluding hydrogens is 166 g/mol. The molecule has 11 heavy (non-hydrogen) atoms. The topological polar surface area (TPSA) is 54.0 Å². The lowest BCUT2D eigenvalue weighted by Gasteiger charge is -1.80. The second-order valence-electron chi connectivity index (χ2n) is 2.01. The molecule has 0 unspecified atom stereocenters. The number of hydrogen-bond acceptors (Lipinski definition) is 3. The predicted octanol–water partition coefficient (Wildman–Crippen LogP) is 1.84. The van der Waals surface area contributed by atoms with E-state index >= 15 is 0 Å². The third-order valence-electron chi connectivity index (χ3n) is 1.21. The van der Waals surface area contributed by atoms with Gasteiger partial charge in [-0.05, 0) is 24.6 Å². The van der Waals surface area contributed by atoms with Gasteiger partial charge in [0.1, 0.15) is 6.07 Å². The summed E-state index contributed by atoms with van der Waals surface area (Å²) in [6, 6.07) is 3.23. The molecule has 0 aliphatic rings. The van der Waals surface area contributed by atoms with Gasteiger partial charge in [0.15, 0.2) is 5.76 Å². The number of furan rings is 1. The Morgan fingerprint density at radius 2 is 2.45 bits per heavy atom. The van der Waals surface area contributed by atoms with E-state index in [9.17, 15) is 4.79 Å². The van der Waals surface area contributed by atoms with E-state index in [0.717, 1.165) is 0 Å². The fourth-order valence-corrected chi connectivity index (χ4v) is 0.783. The molecule has 0 saturated heterocycles. The average molecular weight is 170 g/mol. The van der Waals surface area contributed by atoms with E-state index < -0.39 is 5.24 Å². The summed E-state index contributed by atoms with van der Waals surface area (Å²) in [5.74, 6) is 0.148. The molecule has 1 aromatic heterocycles. The summed E-state index contributed by atoms with van der Waals surface area (Å²) in [6.45, 7) is 1.67. The maximum absolute atomic E-state index is 10.5. The summed E-state index contributed by atoms with van der Waals surface area (Å²) in [6.07, 6.45) is 0. The highest BCUT2D eigenvalue weighted by Gasteiger charge is 2.10. The van der Waals surface area contributed by atoms with E-state index in [4.69, 9.17) is 21.3 Å². The molecule has 0 atom stereocenters. The third-order valence-corrected chi connectivity index (χ3v) is 1.40. The van der Waals surface area contributed by atoms with E-state index in [-0.39, 0.29) is 11.5 Å². The summed E-state index contributed by atoms with van der Waals surface area (Å²) >= 11 is 5.10. The molecule has 0 aromatic carbocycles. The van der Waals surface area contributed by atoms with Crippen LogP contribution in [0, 0.1) is 18.3 Å². The number of aryl methyl sites for hydroxylation is 1. The molecule has 1 aromatic rings. The Morgan fingerprint density at radius 3 is 2.73 bits per heavy atom. The number of carbonyl (C=O) groups excluding carboxylic acids is 1. The van der Waals surface area contributed by atoms with Crippen LogP contribution < -0.4 is 0 Å². The molecule has 0 aliphatic heterocycles. The highest BCUT2D eigenvalue weighted by Crippen LogP contribution is 2.14. The molecule has 0 fully saturated rings. The number of hydrogen-bond donors (Lipinski definition) is 0. The number of nitrogens with zero attached hydrogens (tertiary/aromatic N) is 1. The largest absolute Gasteiger partial charge is 0.441 e. The number of halogens is 1. The monoisotopic (exact) mass is 169 g/mol. The fraction of sp³-hybridized carbons (Fsp3) is 0.143. The first-order chi connectivity index (χ1) is 5.15. The zero-order valence-corrected chi connectivity index (χ0v) is 6.47. The Labute approximate surface area is 68.2 Å². The van der Waals surface area contributed by atoms with Crippen molar-refractivity contribution in [1.29, 1.82) is 5.26 Å². The molecule has 4 heteroatoms. The predicted molar refractivity (Wildman–Crippen MR) is 38.3 cm³/mol. The quantitative estimate of drug-likeness (QED) is 0.603.